The van der Waals surface area contributed by atoms with Crippen molar-refractivity contribution in [3.8, 4) is 0 Å². The van der Waals surface area contributed by atoms with Gasteiger partial charge in [0.2, 0.25) is 0 Å². The smallest absolute Gasteiger partial charge is 0.325 e. The van der Waals surface area contributed by atoms with Crippen LogP contribution in [0.15, 0.2) is 36.5 Å². The van der Waals surface area contributed by atoms with E-state index in [2.05, 4.69) is 15.6 Å². The molecule has 0 saturated heterocycles. The second-order valence-electron chi connectivity index (χ2n) is 4.89. The minimum Gasteiger partial charge on any atom is -0.338 e. The number of urea groups is 1. The third-order valence-electron chi connectivity index (χ3n) is 3.01. The normalized spacial score (nSPS) is 11.4. The monoisotopic (exact) mass is 323 g/mol. The lowest BCUT2D eigenvalue weighted by Gasteiger charge is -2.08. The maximum atomic E-state index is 11.6. The zero-order valence-corrected chi connectivity index (χ0v) is 12.8. The number of amides is 2. The first-order chi connectivity index (χ1) is 10.4. The lowest BCUT2D eigenvalue weighted by Crippen LogP contribution is -2.35. The van der Waals surface area contributed by atoms with Crippen LogP contribution >= 0.6 is 7.60 Å². The molecule has 1 heterocycles. The first kappa shape index (κ1) is 16.4. The highest BCUT2D eigenvalue weighted by Gasteiger charge is 2.11. The van der Waals surface area contributed by atoms with Crippen molar-refractivity contribution in [1.82, 2.24) is 15.6 Å². The van der Waals surface area contributed by atoms with Crippen LogP contribution in [0.2, 0.25) is 0 Å². The molecule has 2 rings (SSSR count). The molecule has 0 spiro atoms. The number of fused-ring (bicyclic) bond motifs is 1. The van der Waals surface area contributed by atoms with Crippen LogP contribution in [0.1, 0.15) is 12.0 Å². The van der Waals surface area contributed by atoms with Crippen molar-refractivity contribution in [2.75, 3.05) is 12.7 Å². The summed E-state index contributed by atoms with van der Waals surface area (Å²) in [5, 5.41) is 6.23. The fraction of sp³-hybridized carbons (Fsp3) is 0.286. The highest BCUT2D eigenvalue weighted by atomic mass is 31.2. The van der Waals surface area contributed by atoms with Crippen molar-refractivity contribution in [3.63, 3.8) is 0 Å². The van der Waals surface area contributed by atoms with E-state index in [4.69, 9.17) is 9.79 Å². The summed E-state index contributed by atoms with van der Waals surface area (Å²) >= 11 is 0. The molecule has 0 atom stereocenters. The third-order valence-corrected chi connectivity index (χ3v) is 3.91. The average Bonchev–Trinajstić information content (AvgIpc) is 2.48. The van der Waals surface area contributed by atoms with Crippen molar-refractivity contribution in [2.24, 2.45) is 0 Å². The van der Waals surface area contributed by atoms with Gasteiger partial charge in [0.05, 0.1) is 11.7 Å². The van der Waals surface area contributed by atoms with E-state index in [9.17, 15) is 9.36 Å². The number of rotatable bonds is 6. The molecule has 1 aromatic heterocycles. The highest BCUT2D eigenvalue weighted by molar-refractivity contribution is 7.51. The highest BCUT2D eigenvalue weighted by Crippen LogP contribution is 2.34. The predicted molar refractivity (Wildman–Crippen MR) is 83.5 cm³/mol. The number of nitrogens with one attached hydrogen (secondary N) is 2. The molecular weight excluding hydrogens is 305 g/mol. The SMILES string of the molecule is O=C(NCCCP(=O)(O)O)NCc1cnc2ccccc2c1. The topological polar surface area (TPSA) is 112 Å². The molecule has 0 aliphatic carbocycles. The van der Waals surface area contributed by atoms with Gasteiger partial charge in [-0.1, -0.05) is 18.2 Å². The van der Waals surface area contributed by atoms with Gasteiger partial charge in [0.1, 0.15) is 0 Å². The van der Waals surface area contributed by atoms with Crippen LogP contribution in [-0.4, -0.2) is 33.5 Å². The molecule has 7 nitrogen and oxygen atoms in total. The van der Waals surface area contributed by atoms with Gasteiger partial charge in [0.25, 0.3) is 0 Å². The Kier molecular flexibility index (Phi) is 5.49. The largest absolute Gasteiger partial charge is 0.338 e. The third kappa shape index (κ3) is 5.44. The molecule has 0 unspecified atom stereocenters. The summed E-state index contributed by atoms with van der Waals surface area (Å²) in [6.45, 7) is 0.551. The second kappa shape index (κ2) is 7.35. The Morgan fingerprint density at radius 2 is 2.00 bits per heavy atom. The van der Waals surface area contributed by atoms with Gasteiger partial charge in [-0.05, 0) is 24.1 Å². The van der Waals surface area contributed by atoms with Crippen LogP contribution in [0.25, 0.3) is 10.9 Å². The Morgan fingerprint density at radius 3 is 2.77 bits per heavy atom. The van der Waals surface area contributed by atoms with Gasteiger partial charge in [0, 0.05) is 24.7 Å². The molecule has 0 radical (unpaired) electrons. The average molecular weight is 323 g/mol. The van der Waals surface area contributed by atoms with Crippen LogP contribution in [0.3, 0.4) is 0 Å². The molecule has 2 aromatic rings. The zero-order chi connectivity index (χ0) is 16.0. The molecule has 0 aliphatic heterocycles. The van der Waals surface area contributed by atoms with Crippen LogP contribution in [-0.2, 0) is 11.1 Å². The lowest BCUT2D eigenvalue weighted by atomic mass is 10.1. The van der Waals surface area contributed by atoms with Crippen LogP contribution in [0.5, 0.6) is 0 Å². The Balaban J connectivity index is 1.76. The van der Waals surface area contributed by atoms with Gasteiger partial charge in [-0.3, -0.25) is 9.55 Å². The standard InChI is InChI=1S/C14H18N3O4P/c18-14(15-6-3-7-22(19,20)21)17-10-11-8-12-4-1-2-5-13(12)16-9-11/h1-2,4-5,8-9H,3,6-7,10H2,(H2,15,17,18)(H2,19,20,21). The Hall–Kier alpha value is -1.95. The molecule has 2 amide bonds. The second-order valence-corrected chi connectivity index (χ2v) is 6.66. The molecule has 1 aromatic carbocycles. The summed E-state index contributed by atoms with van der Waals surface area (Å²) in [7, 11) is -3.99. The number of carbonyl (C=O) groups excluding carboxylic acids is 1. The van der Waals surface area contributed by atoms with Gasteiger partial charge >= 0.3 is 13.6 Å². The molecule has 4 N–H and O–H groups in total. The molecule has 0 saturated carbocycles. The zero-order valence-electron chi connectivity index (χ0n) is 11.9. The summed E-state index contributed by atoms with van der Waals surface area (Å²) in [6, 6.07) is 9.29. The van der Waals surface area contributed by atoms with Crippen molar-refractivity contribution < 1.29 is 19.1 Å². The van der Waals surface area contributed by atoms with E-state index in [0.29, 0.717) is 6.54 Å². The summed E-state index contributed by atoms with van der Waals surface area (Å²) < 4.78 is 10.7. The van der Waals surface area contributed by atoms with Crippen molar-refractivity contribution in [3.05, 3.63) is 42.1 Å². The van der Waals surface area contributed by atoms with Gasteiger partial charge in [-0.25, -0.2) is 4.79 Å². The lowest BCUT2D eigenvalue weighted by molar-refractivity contribution is 0.240. The Labute approximate surface area is 127 Å². The minimum atomic E-state index is -3.99. The molecule has 22 heavy (non-hydrogen) atoms. The fourth-order valence-corrected chi connectivity index (χ4v) is 2.52. The molecule has 0 aliphatic rings. The van der Waals surface area contributed by atoms with Crippen molar-refractivity contribution in [1.29, 1.82) is 0 Å². The predicted octanol–water partition coefficient (Wildman–Crippen LogP) is 1.60. The number of aromatic nitrogens is 1. The summed E-state index contributed by atoms with van der Waals surface area (Å²) in [5.41, 5.74) is 1.78. The Morgan fingerprint density at radius 1 is 1.23 bits per heavy atom. The van der Waals surface area contributed by atoms with Crippen LogP contribution in [0, 0.1) is 0 Å². The van der Waals surface area contributed by atoms with E-state index in [0.717, 1.165) is 16.5 Å². The van der Waals surface area contributed by atoms with E-state index < -0.39 is 7.60 Å². The number of para-hydroxylation sites is 1. The molecular formula is C14H18N3O4P. The summed E-state index contributed by atoms with van der Waals surface area (Å²) in [4.78, 5) is 33.3. The van der Waals surface area contributed by atoms with Gasteiger partial charge in [-0.2, -0.15) is 0 Å². The first-order valence-electron chi connectivity index (χ1n) is 6.84. The molecule has 0 fully saturated rings. The van der Waals surface area contributed by atoms with Crippen LogP contribution < -0.4 is 10.6 Å². The number of hydrogen-bond donors (Lipinski definition) is 4. The van der Waals surface area contributed by atoms with E-state index >= 15 is 0 Å². The molecule has 118 valence electrons. The number of carbonyl (C=O) groups is 1. The van der Waals surface area contributed by atoms with E-state index in [1.54, 1.807) is 6.20 Å². The number of hydrogen-bond acceptors (Lipinski definition) is 3. The van der Waals surface area contributed by atoms with E-state index in [1.165, 1.54) is 0 Å². The summed E-state index contributed by atoms with van der Waals surface area (Å²) in [5.74, 6) is 0. The Bertz CT molecular complexity index is 701. The summed E-state index contributed by atoms with van der Waals surface area (Å²) in [6.07, 6.45) is 1.70. The van der Waals surface area contributed by atoms with Crippen molar-refractivity contribution >= 4 is 24.5 Å². The maximum absolute atomic E-state index is 11.6. The van der Waals surface area contributed by atoms with Crippen LogP contribution in [0.4, 0.5) is 4.79 Å². The van der Waals surface area contributed by atoms with Crippen molar-refractivity contribution in [2.45, 2.75) is 13.0 Å². The number of pyridine rings is 1. The fourth-order valence-electron chi connectivity index (χ4n) is 1.95. The maximum Gasteiger partial charge on any atom is 0.325 e. The van der Waals surface area contributed by atoms with E-state index in [-0.39, 0.29) is 25.2 Å². The quantitative estimate of drug-likeness (QED) is 0.476. The minimum absolute atomic E-state index is 0.215. The number of nitrogens with zero attached hydrogens (tertiary/aromatic N) is 1. The van der Waals surface area contributed by atoms with Gasteiger partial charge in [-0.15, -0.1) is 0 Å². The molecule has 8 heteroatoms. The van der Waals surface area contributed by atoms with Gasteiger partial charge < -0.3 is 20.4 Å². The first-order valence-corrected chi connectivity index (χ1v) is 8.64. The number of benzene rings is 1. The molecule has 0 bridgehead atoms. The van der Waals surface area contributed by atoms with E-state index in [1.807, 2.05) is 30.3 Å². The van der Waals surface area contributed by atoms with Gasteiger partial charge in [0.15, 0.2) is 0 Å².